The second-order valence-electron chi connectivity index (χ2n) is 3.55. The summed E-state index contributed by atoms with van der Waals surface area (Å²) in [6, 6.07) is 5.44. The zero-order chi connectivity index (χ0) is 12.4. The van der Waals surface area contributed by atoms with Crippen LogP contribution in [0.1, 0.15) is 12.5 Å². The molecule has 0 aliphatic rings. The fraction of sp³-hybridized carbons (Fsp3) is 0.0833. The summed E-state index contributed by atoms with van der Waals surface area (Å²) in [5, 5.41) is 13.0. The van der Waals surface area contributed by atoms with Crippen molar-refractivity contribution in [1.82, 2.24) is 9.61 Å². The van der Waals surface area contributed by atoms with E-state index in [9.17, 15) is 9.59 Å². The largest absolute Gasteiger partial charge is 0.478 e. The third kappa shape index (κ3) is 2.08. The first-order valence-corrected chi connectivity index (χ1v) is 4.98. The van der Waals surface area contributed by atoms with E-state index in [1.165, 1.54) is 19.2 Å². The molecule has 0 saturated heterocycles. The van der Waals surface area contributed by atoms with Crippen LogP contribution in [0.2, 0.25) is 0 Å². The van der Waals surface area contributed by atoms with Crippen LogP contribution in [0.4, 0.5) is 0 Å². The van der Waals surface area contributed by atoms with Crippen molar-refractivity contribution in [3.63, 3.8) is 0 Å². The van der Waals surface area contributed by atoms with E-state index in [0.29, 0.717) is 5.56 Å². The summed E-state index contributed by atoms with van der Waals surface area (Å²) in [5.41, 5.74) is 1.12. The van der Waals surface area contributed by atoms with Crippen molar-refractivity contribution in [3.05, 3.63) is 41.7 Å². The van der Waals surface area contributed by atoms with Crippen LogP contribution in [0.5, 0.6) is 0 Å². The molecular weight excluding hydrogens is 220 g/mol. The molecule has 17 heavy (non-hydrogen) atoms. The number of rotatable bonds is 3. The van der Waals surface area contributed by atoms with Crippen LogP contribution in [0, 0.1) is 0 Å². The average Bonchev–Trinajstić information content (AvgIpc) is 2.68. The quantitative estimate of drug-likeness (QED) is 0.491. The number of carbonyl (C=O) groups is 2. The molecule has 0 aromatic carbocycles. The predicted molar refractivity (Wildman–Crippen MR) is 61.5 cm³/mol. The Kier molecular flexibility index (Phi) is 2.74. The molecule has 5 nitrogen and oxygen atoms in total. The summed E-state index contributed by atoms with van der Waals surface area (Å²) < 4.78 is 1.62. The van der Waals surface area contributed by atoms with Crippen molar-refractivity contribution in [2.45, 2.75) is 6.92 Å². The number of aliphatic carboxylic acids is 1. The van der Waals surface area contributed by atoms with Crippen LogP contribution in [-0.2, 0) is 9.59 Å². The summed E-state index contributed by atoms with van der Waals surface area (Å²) in [6.07, 6.45) is 4.62. The Morgan fingerprint density at radius 2 is 2.18 bits per heavy atom. The van der Waals surface area contributed by atoms with Gasteiger partial charge in [-0.05, 0) is 25.1 Å². The second-order valence-corrected chi connectivity index (χ2v) is 3.55. The highest BCUT2D eigenvalue weighted by molar-refractivity contribution is 6.19. The lowest BCUT2D eigenvalue weighted by Gasteiger charge is -1.96. The number of nitrogens with zero attached hydrogens (tertiary/aromatic N) is 2. The lowest BCUT2D eigenvalue weighted by Crippen LogP contribution is -2.08. The maximum absolute atomic E-state index is 11.2. The molecule has 0 fully saturated rings. The Morgan fingerprint density at radius 1 is 1.41 bits per heavy atom. The van der Waals surface area contributed by atoms with Gasteiger partial charge in [0, 0.05) is 11.8 Å². The Labute approximate surface area is 97.0 Å². The summed E-state index contributed by atoms with van der Waals surface area (Å²) in [5.74, 6) is -1.71. The van der Waals surface area contributed by atoms with Crippen LogP contribution in [0.3, 0.4) is 0 Å². The Morgan fingerprint density at radius 3 is 2.82 bits per heavy atom. The fourth-order valence-corrected chi connectivity index (χ4v) is 1.53. The third-order valence-electron chi connectivity index (χ3n) is 2.37. The number of aromatic nitrogens is 2. The summed E-state index contributed by atoms with van der Waals surface area (Å²) in [6.45, 7) is 1.23. The molecule has 0 aliphatic heterocycles. The molecule has 2 aromatic rings. The van der Waals surface area contributed by atoms with E-state index in [0.717, 1.165) is 5.52 Å². The van der Waals surface area contributed by atoms with Crippen molar-refractivity contribution >= 4 is 23.3 Å². The minimum absolute atomic E-state index is 0.247. The lowest BCUT2D eigenvalue weighted by molar-refractivity contribution is -0.134. The van der Waals surface area contributed by atoms with E-state index < -0.39 is 11.8 Å². The molecule has 86 valence electrons. The van der Waals surface area contributed by atoms with Crippen molar-refractivity contribution in [2.75, 3.05) is 0 Å². The predicted octanol–water partition coefficient (Wildman–Crippen LogP) is 1.39. The fourth-order valence-electron chi connectivity index (χ4n) is 1.53. The second kappa shape index (κ2) is 4.21. The Hall–Kier alpha value is -2.43. The van der Waals surface area contributed by atoms with Gasteiger partial charge in [-0.25, -0.2) is 9.31 Å². The maximum Gasteiger partial charge on any atom is 0.339 e. The first kappa shape index (κ1) is 11.1. The highest BCUT2D eigenvalue weighted by atomic mass is 16.4. The van der Waals surface area contributed by atoms with E-state index in [-0.39, 0.29) is 5.57 Å². The van der Waals surface area contributed by atoms with Gasteiger partial charge in [0.1, 0.15) is 5.57 Å². The minimum atomic E-state index is -1.23. The Bertz CT molecular complexity index is 609. The number of hydrogen-bond acceptors (Lipinski definition) is 3. The van der Waals surface area contributed by atoms with Crippen LogP contribution >= 0.6 is 0 Å². The van der Waals surface area contributed by atoms with Gasteiger partial charge in [-0.1, -0.05) is 6.07 Å². The molecule has 0 unspecified atom stereocenters. The smallest absolute Gasteiger partial charge is 0.339 e. The summed E-state index contributed by atoms with van der Waals surface area (Å²) in [7, 11) is 0. The SMILES string of the molecule is CC(=O)C(=Cc1cnn2ccccc12)C(=O)O. The standard InChI is InChI=1S/C12H10N2O3/c1-8(15)10(12(16)17)6-9-7-13-14-5-3-2-4-11(9)14/h2-7H,1H3,(H,16,17). The van der Waals surface area contributed by atoms with Crippen LogP contribution in [-0.4, -0.2) is 26.5 Å². The highest BCUT2D eigenvalue weighted by Crippen LogP contribution is 2.14. The number of carboxylic acids is 1. The average molecular weight is 230 g/mol. The first-order valence-electron chi connectivity index (χ1n) is 4.98. The maximum atomic E-state index is 11.2. The van der Waals surface area contributed by atoms with Gasteiger partial charge in [-0.3, -0.25) is 4.79 Å². The molecule has 0 atom stereocenters. The van der Waals surface area contributed by atoms with Crippen molar-refractivity contribution in [1.29, 1.82) is 0 Å². The molecule has 1 N–H and O–H groups in total. The number of Topliss-reactive ketones (excluding diaryl/α,β-unsaturated/α-hetero) is 1. The topological polar surface area (TPSA) is 71.7 Å². The molecule has 0 amide bonds. The van der Waals surface area contributed by atoms with Crippen molar-refractivity contribution in [2.24, 2.45) is 0 Å². The third-order valence-corrected chi connectivity index (χ3v) is 2.37. The molecule has 2 heterocycles. The number of ketones is 1. The minimum Gasteiger partial charge on any atom is -0.478 e. The van der Waals surface area contributed by atoms with Crippen LogP contribution in [0.15, 0.2) is 36.2 Å². The molecular formula is C12H10N2O3. The van der Waals surface area contributed by atoms with Gasteiger partial charge in [-0.2, -0.15) is 5.10 Å². The Balaban J connectivity index is 2.57. The van der Waals surface area contributed by atoms with E-state index in [1.807, 2.05) is 12.1 Å². The van der Waals surface area contributed by atoms with Crippen molar-refractivity contribution < 1.29 is 14.7 Å². The van der Waals surface area contributed by atoms with Gasteiger partial charge < -0.3 is 5.11 Å². The molecule has 0 saturated carbocycles. The zero-order valence-electron chi connectivity index (χ0n) is 9.12. The molecule has 0 aliphatic carbocycles. The van der Waals surface area contributed by atoms with Gasteiger partial charge >= 0.3 is 5.97 Å². The van der Waals surface area contributed by atoms with Gasteiger partial charge in [0.2, 0.25) is 0 Å². The summed E-state index contributed by atoms with van der Waals surface area (Å²) >= 11 is 0. The van der Waals surface area contributed by atoms with Crippen LogP contribution in [0.25, 0.3) is 11.6 Å². The van der Waals surface area contributed by atoms with Gasteiger partial charge in [0.25, 0.3) is 0 Å². The highest BCUT2D eigenvalue weighted by Gasteiger charge is 2.13. The van der Waals surface area contributed by atoms with Gasteiger partial charge in [-0.15, -0.1) is 0 Å². The van der Waals surface area contributed by atoms with Crippen molar-refractivity contribution in [3.8, 4) is 0 Å². The molecule has 2 aromatic heterocycles. The number of pyridine rings is 1. The van der Waals surface area contributed by atoms with E-state index in [4.69, 9.17) is 5.11 Å². The number of fused-ring (bicyclic) bond motifs is 1. The van der Waals surface area contributed by atoms with E-state index in [2.05, 4.69) is 5.10 Å². The summed E-state index contributed by atoms with van der Waals surface area (Å²) in [4.78, 5) is 22.1. The normalized spacial score (nSPS) is 11.7. The molecule has 0 bridgehead atoms. The zero-order valence-corrected chi connectivity index (χ0v) is 9.12. The molecule has 5 heteroatoms. The number of carbonyl (C=O) groups excluding carboxylic acids is 1. The monoisotopic (exact) mass is 230 g/mol. The molecule has 2 rings (SSSR count). The van der Waals surface area contributed by atoms with E-state index >= 15 is 0 Å². The number of hydrogen-bond donors (Lipinski definition) is 1. The number of carboxylic acid groups (broad SMARTS) is 1. The van der Waals surface area contributed by atoms with Gasteiger partial charge in [0.05, 0.1) is 11.7 Å². The van der Waals surface area contributed by atoms with Crippen LogP contribution < -0.4 is 0 Å². The van der Waals surface area contributed by atoms with E-state index in [1.54, 1.807) is 16.8 Å². The molecule has 0 radical (unpaired) electrons. The molecule has 0 spiro atoms. The van der Waals surface area contributed by atoms with Gasteiger partial charge in [0.15, 0.2) is 5.78 Å². The first-order chi connectivity index (χ1) is 8.09. The lowest BCUT2D eigenvalue weighted by atomic mass is 10.1.